The topological polar surface area (TPSA) is 110 Å². The molecule has 0 saturated carbocycles. The van der Waals surface area contributed by atoms with E-state index >= 15 is 8.78 Å². The van der Waals surface area contributed by atoms with Gasteiger partial charge in [-0.3, -0.25) is 0 Å². The lowest BCUT2D eigenvalue weighted by molar-refractivity contribution is 0.0596. The van der Waals surface area contributed by atoms with Crippen LogP contribution in [0.4, 0.5) is 13.2 Å². The van der Waals surface area contributed by atoms with Gasteiger partial charge in [-0.05, 0) is 66.9 Å². The lowest BCUT2D eigenvalue weighted by atomic mass is 10.0. The summed E-state index contributed by atoms with van der Waals surface area (Å²) in [5.41, 5.74) is 1.75. The number of halogens is 3. The first-order chi connectivity index (χ1) is 21.3. The van der Waals surface area contributed by atoms with Gasteiger partial charge in [0.1, 0.15) is 29.9 Å². The molecule has 1 saturated heterocycles. The van der Waals surface area contributed by atoms with Crippen molar-refractivity contribution in [3.63, 3.8) is 0 Å². The van der Waals surface area contributed by atoms with Gasteiger partial charge in [-0.15, -0.1) is 0 Å². The zero-order valence-electron chi connectivity index (χ0n) is 23.3. The Bertz CT molecular complexity index is 1930. The Hall–Kier alpha value is -5.21. The van der Waals surface area contributed by atoms with Crippen molar-refractivity contribution in [3.8, 4) is 23.2 Å². The van der Waals surface area contributed by atoms with Crippen LogP contribution in [-0.4, -0.2) is 38.8 Å². The van der Waals surface area contributed by atoms with Crippen molar-refractivity contribution in [2.45, 2.75) is 31.9 Å². The molecule has 3 heterocycles. The van der Waals surface area contributed by atoms with Gasteiger partial charge in [-0.1, -0.05) is 12.1 Å². The lowest BCUT2D eigenvalue weighted by Gasteiger charge is -2.26. The monoisotopic (exact) mass is 598 g/mol. The summed E-state index contributed by atoms with van der Waals surface area (Å²) in [5.74, 6) is -2.50. The van der Waals surface area contributed by atoms with E-state index in [1.54, 1.807) is 18.2 Å². The summed E-state index contributed by atoms with van der Waals surface area (Å²) in [4.78, 5) is 20.6. The molecule has 11 heteroatoms. The van der Waals surface area contributed by atoms with E-state index in [-0.39, 0.29) is 58.5 Å². The summed E-state index contributed by atoms with van der Waals surface area (Å²) in [5, 5.41) is 18.4. The number of hydrogen-bond donors (Lipinski definition) is 1. The molecular formula is C33H25F3N4O4. The SMILES string of the molecule is N#Cc1ccc(COc2cccc(-c3cc(F)c(Cc4nc5ccc(C(=O)O)cc5n4[C@H]4CCCOC4)cc3F)n2)c(F)c1. The van der Waals surface area contributed by atoms with Crippen LogP contribution in [0.2, 0.25) is 0 Å². The van der Waals surface area contributed by atoms with Gasteiger partial charge in [0.05, 0.1) is 46.6 Å². The normalized spacial score (nSPS) is 14.8. The largest absolute Gasteiger partial charge is 0.478 e. The van der Waals surface area contributed by atoms with E-state index in [0.717, 1.165) is 31.0 Å². The Morgan fingerprint density at radius 3 is 2.61 bits per heavy atom. The maximum atomic E-state index is 15.5. The Morgan fingerprint density at radius 2 is 1.86 bits per heavy atom. The highest BCUT2D eigenvalue weighted by Gasteiger charge is 2.24. The van der Waals surface area contributed by atoms with Crippen LogP contribution in [0, 0.1) is 28.8 Å². The van der Waals surface area contributed by atoms with Gasteiger partial charge in [0.25, 0.3) is 0 Å². The average molecular weight is 599 g/mol. The van der Waals surface area contributed by atoms with Crippen molar-refractivity contribution in [2.24, 2.45) is 0 Å². The maximum absolute atomic E-state index is 15.5. The smallest absolute Gasteiger partial charge is 0.335 e. The van der Waals surface area contributed by atoms with E-state index in [1.165, 1.54) is 30.3 Å². The van der Waals surface area contributed by atoms with Gasteiger partial charge in [0.2, 0.25) is 5.88 Å². The highest BCUT2D eigenvalue weighted by molar-refractivity contribution is 5.92. The number of carbonyl (C=O) groups is 1. The summed E-state index contributed by atoms with van der Waals surface area (Å²) in [7, 11) is 0. The predicted molar refractivity (Wildman–Crippen MR) is 154 cm³/mol. The number of rotatable bonds is 8. The molecular weight excluding hydrogens is 573 g/mol. The fourth-order valence-corrected chi connectivity index (χ4v) is 5.36. The molecule has 0 aliphatic carbocycles. The number of carboxylic acid groups (broad SMARTS) is 1. The number of aromatic carboxylic acids is 1. The molecule has 1 fully saturated rings. The number of carboxylic acids is 1. The third kappa shape index (κ3) is 5.85. The van der Waals surface area contributed by atoms with E-state index in [1.807, 2.05) is 10.6 Å². The van der Waals surface area contributed by atoms with Crippen LogP contribution >= 0.6 is 0 Å². The number of hydrogen-bond acceptors (Lipinski definition) is 6. The van der Waals surface area contributed by atoms with Crippen molar-refractivity contribution in [3.05, 3.63) is 112 Å². The molecule has 2 aromatic heterocycles. The number of pyridine rings is 1. The van der Waals surface area contributed by atoms with Crippen LogP contribution in [0.3, 0.4) is 0 Å². The van der Waals surface area contributed by atoms with Crippen LogP contribution in [0.15, 0.2) is 66.7 Å². The number of nitriles is 1. The average Bonchev–Trinajstić information content (AvgIpc) is 3.39. The van der Waals surface area contributed by atoms with Crippen LogP contribution in [0.5, 0.6) is 5.88 Å². The highest BCUT2D eigenvalue weighted by Crippen LogP contribution is 2.31. The Morgan fingerprint density at radius 1 is 1.02 bits per heavy atom. The molecule has 0 unspecified atom stereocenters. The van der Waals surface area contributed by atoms with Crippen LogP contribution in [-0.2, 0) is 17.8 Å². The summed E-state index contributed by atoms with van der Waals surface area (Å²) in [6, 6.07) is 17.1. The molecule has 6 rings (SSSR count). The second-order valence-electron chi connectivity index (χ2n) is 10.4. The maximum Gasteiger partial charge on any atom is 0.335 e. The number of aromatic nitrogens is 3. The lowest BCUT2D eigenvalue weighted by Crippen LogP contribution is -2.23. The fourth-order valence-electron chi connectivity index (χ4n) is 5.36. The number of fused-ring (bicyclic) bond motifs is 1. The molecule has 1 aliphatic rings. The van der Waals surface area contributed by atoms with Gasteiger partial charge in [0.15, 0.2) is 0 Å². The standard InChI is InChI=1S/C33H25F3N4O4/c34-25-11-19(16-37)6-7-21(25)17-44-32-5-1-4-28(39-32)24-15-26(35)22(12-27(24)36)14-31-38-29-9-8-20(33(41)42)13-30(29)40(31)23-3-2-10-43-18-23/h1,4-9,11-13,15,23H,2-3,10,14,17-18H2,(H,41,42)/t23-/m0/s1. The Labute approximate surface area is 249 Å². The van der Waals surface area contributed by atoms with E-state index in [4.69, 9.17) is 14.7 Å². The molecule has 0 amide bonds. The predicted octanol–water partition coefficient (Wildman–Crippen LogP) is 6.61. The van der Waals surface area contributed by atoms with Gasteiger partial charge >= 0.3 is 5.97 Å². The molecule has 3 aromatic carbocycles. The molecule has 5 aromatic rings. The first-order valence-electron chi connectivity index (χ1n) is 13.9. The number of benzene rings is 3. The quantitative estimate of drug-likeness (QED) is 0.214. The highest BCUT2D eigenvalue weighted by atomic mass is 19.1. The second-order valence-corrected chi connectivity index (χ2v) is 10.4. The minimum atomic E-state index is -1.07. The first-order valence-corrected chi connectivity index (χ1v) is 13.9. The zero-order chi connectivity index (χ0) is 30.8. The number of ether oxygens (including phenoxy) is 2. The molecule has 222 valence electrons. The van der Waals surface area contributed by atoms with E-state index in [9.17, 15) is 14.3 Å². The molecule has 8 nitrogen and oxygen atoms in total. The second kappa shape index (κ2) is 12.2. The molecule has 0 bridgehead atoms. The van der Waals surface area contributed by atoms with Gasteiger partial charge in [-0.2, -0.15) is 5.26 Å². The van der Waals surface area contributed by atoms with E-state index < -0.39 is 23.4 Å². The van der Waals surface area contributed by atoms with E-state index in [0.29, 0.717) is 30.1 Å². The molecule has 1 aliphatic heterocycles. The van der Waals surface area contributed by atoms with Crippen molar-refractivity contribution in [1.82, 2.24) is 14.5 Å². The van der Waals surface area contributed by atoms with Gasteiger partial charge in [0, 0.05) is 30.2 Å². The van der Waals surface area contributed by atoms with Crippen LogP contribution < -0.4 is 4.74 Å². The third-order valence-corrected chi connectivity index (χ3v) is 7.55. The summed E-state index contributed by atoms with van der Waals surface area (Å²) in [6.07, 6.45) is 1.54. The van der Waals surface area contributed by atoms with E-state index in [2.05, 4.69) is 9.97 Å². The number of imidazole rings is 1. The summed E-state index contributed by atoms with van der Waals surface area (Å²) < 4.78 is 58.4. The molecule has 1 N–H and O–H groups in total. The fraction of sp³-hybridized carbons (Fsp3) is 0.212. The molecule has 0 radical (unpaired) electrons. The zero-order valence-corrected chi connectivity index (χ0v) is 23.3. The summed E-state index contributed by atoms with van der Waals surface area (Å²) >= 11 is 0. The summed E-state index contributed by atoms with van der Waals surface area (Å²) in [6.45, 7) is 0.838. The first kappa shape index (κ1) is 28.9. The van der Waals surface area contributed by atoms with Crippen molar-refractivity contribution in [2.75, 3.05) is 13.2 Å². The third-order valence-electron chi connectivity index (χ3n) is 7.55. The Balaban J connectivity index is 1.28. The van der Waals surface area contributed by atoms with Gasteiger partial charge in [-0.25, -0.2) is 27.9 Å². The number of nitrogens with zero attached hydrogens (tertiary/aromatic N) is 4. The van der Waals surface area contributed by atoms with Crippen LogP contribution in [0.25, 0.3) is 22.3 Å². The van der Waals surface area contributed by atoms with Crippen LogP contribution in [0.1, 0.15) is 51.8 Å². The molecule has 0 spiro atoms. The van der Waals surface area contributed by atoms with Crippen molar-refractivity contribution in [1.29, 1.82) is 5.26 Å². The molecule has 1 atom stereocenters. The minimum absolute atomic E-state index is 0.0383. The minimum Gasteiger partial charge on any atom is -0.478 e. The Kier molecular flexibility index (Phi) is 8.00. The van der Waals surface area contributed by atoms with Crippen molar-refractivity contribution >= 4 is 17.0 Å². The molecule has 44 heavy (non-hydrogen) atoms. The van der Waals surface area contributed by atoms with Gasteiger partial charge < -0.3 is 19.1 Å². The van der Waals surface area contributed by atoms with Crippen molar-refractivity contribution < 1.29 is 32.5 Å².